The monoisotopic (exact) mass is 810 g/mol. The van der Waals surface area contributed by atoms with Gasteiger partial charge < -0.3 is 16.0 Å². The number of amides is 3. The third-order valence-electron chi connectivity index (χ3n) is 10.1. The van der Waals surface area contributed by atoms with Crippen molar-refractivity contribution >= 4 is 46.0 Å². The van der Waals surface area contributed by atoms with Crippen molar-refractivity contribution in [3.05, 3.63) is 0 Å². The van der Waals surface area contributed by atoms with Crippen molar-refractivity contribution in [2.45, 2.75) is 219 Å². The Bertz CT molecular complexity index is 1150. The van der Waals surface area contributed by atoms with Gasteiger partial charge in [0.2, 0.25) is 17.7 Å². The van der Waals surface area contributed by atoms with Gasteiger partial charge in [-0.1, -0.05) is 79.6 Å². The first-order valence-electron chi connectivity index (χ1n) is 22.9. The maximum atomic E-state index is 12.6. The number of hydrogen-bond acceptors (Lipinski definition) is 7. The second kappa shape index (κ2) is 36.3. The molecular weight excluding hydrogens is 728 g/mol. The lowest BCUT2D eigenvalue weighted by Crippen LogP contribution is -2.40. The predicted octanol–water partition coefficient (Wildman–Crippen LogP) is 11.5. The number of carbonyl (C=O) groups is 5. The number of hydrogen-bond donors (Lipinski definition) is 5. The Morgan fingerprint density at radius 2 is 0.945 bits per heavy atom. The van der Waals surface area contributed by atoms with Gasteiger partial charge in [-0.3, -0.25) is 34.3 Å². The summed E-state index contributed by atoms with van der Waals surface area (Å²) in [7, 11) is 1.62. The Kier molecular flexibility index (Phi) is 32.4. The average molecular weight is 810 g/mol. The normalized spacial score (nSPS) is 13.9. The topological polar surface area (TPSA) is 169 Å². The van der Waals surface area contributed by atoms with Crippen molar-refractivity contribution in [1.29, 1.82) is 10.3 Å². The van der Waals surface area contributed by atoms with Crippen molar-refractivity contribution in [3.8, 4) is 0 Å². The summed E-state index contributed by atoms with van der Waals surface area (Å²) >= 11 is 0. The lowest BCUT2D eigenvalue weighted by molar-refractivity contribution is -0.128. The fourth-order valence-corrected chi connectivity index (χ4v) is 8.51. The zero-order chi connectivity index (χ0) is 42.5. The SMILES string of the molecule is [1H]N=P[C@H](CCCC(=O)CCCCCCCCC(=O)N[C@@H](CCCCNC(=O)CCCCCCCNC(=O)CCC[C@H](CC(C)C)P=N[1H])C(=O)CC)CC(C)C. The van der Waals surface area contributed by atoms with Gasteiger partial charge in [-0.2, -0.15) is 0 Å². The molecule has 318 valence electrons. The summed E-state index contributed by atoms with van der Waals surface area (Å²) < 4.78 is 14.3. The van der Waals surface area contributed by atoms with Gasteiger partial charge in [0.05, 0.1) is 6.04 Å². The zero-order valence-corrected chi connectivity index (χ0v) is 37.3. The van der Waals surface area contributed by atoms with Crippen molar-refractivity contribution in [3.63, 3.8) is 0 Å². The van der Waals surface area contributed by atoms with E-state index in [1.54, 1.807) is 0 Å². The Hall–Kier alpha value is -2.05. The molecular formula is C43H81N5O5P2. The summed E-state index contributed by atoms with van der Waals surface area (Å²) in [5.74, 6) is 1.58. The minimum Gasteiger partial charge on any atom is -0.356 e. The highest BCUT2D eigenvalue weighted by atomic mass is 31.1. The Labute approximate surface area is 342 Å². The molecule has 0 spiro atoms. The van der Waals surface area contributed by atoms with E-state index in [0.717, 1.165) is 139 Å². The fraction of sp³-hybridized carbons (Fsp3) is 0.884. The zero-order valence-electron chi connectivity index (χ0n) is 37.5. The van der Waals surface area contributed by atoms with Crippen LogP contribution in [-0.2, 0) is 24.0 Å². The van der Waals surface area contributed by atoms with Gasteiger partial charge in [0.15, 0.2) is 8.61 Å². The van der Waals surface area contributed by atoms with E-state index in [0.29, 0.717) is 87.0 Å². The molecule has 10 nitrogen and oxygen atoms in total. The summed E-state index contributed by atoms with van der Waals surface area (Å²) in [6.45, 7) is 11.8. The fourth-order valence-electron chi connectivity index (χ4n) is 6.88. The van der Waals surface area contributed by atoms with Crippen molar-refractivity contribution in [2.75, 3.05) is 13.1 Å². The molecule has 0 fully saturated rings. The molecule has 0 saturated heterocycles. The van der Waals surface area contributed by atoms with E-state index in [9.17, 15) is 24.0 Å². The van der Waals surface area contributed by atoms with Crippen LogP contribution in [0.5, 0.6) is 0 Å². The summed E-state index contributed by atoms with van der Waals surface area (Å²) in [5.41, 5.74) is 0.744. The third-order valence-corrected chi connectivity index (χ3v) is 11.7. The van der Waals surface area contributed by atoms with E-state index >= 15 is 0 Å². The first kappa shape index (κ1) is 49.1. The van der Waals surface area contributed by atoms with Gasteiger partial charge in [-0.15, -0.1) is 0 Å². The van der Waals surface area contributed by atoms with Crippen LogP contribution < -0.4 is 16.0 Å². The molecule has 0 aromatic rings. The summed E-state index contributed by atoms with van der Waals surface area (Å²) in [5, 5.41) is 16.0. The Balaban J connectivity index is 3.92. The highest BCUT2D eigenvalue weighted by Crippen LogP contribution is 2.24. The molecule has 0 aliphatic rings. The van der Waals surface area contributed by atoms with Crippen LogP contribution in [0.1, 0.15) is 202 Å². The molecule has 0 heterocycles. The number of Topliss-reactive ketones (excluding diaryl/α,β-unsaturated/α-hetero) is 2. The van der Waals surface area contributed by atoms with E-state index in [-0.39, 0.29) is 23.5 Å². The quantitative estimate of drug-likeness (QED) is 0.0307. The molecule has 0 aromatic heterocycles. The summed E-state index contributed by atoms with van der Waals surface area (Å²) in [6, 6.07) is -0.472. The molecule has 3 atom stereocenters. The van der Waals surface area contributed by atoms with Crippen LogP contribution >= 0.6 is 16.7 Å². The van der Waals surface area contributed by atoms with Crippen molar-refractivity contribution < 1.29 is 26.8 Å². The molecule has 0 unspecified atom stereocenters. The second-order valence-electron chi connectivity index (χ2n) is 16.4. The lowest BCUT2D eigenvalue weighted by atomic mass is 10.0. The molecule has 0 aliphatic heterocycles. The highest BCUT2D eigenvalue weighted by molar-refractivity contribution is 7.26. The largest absolute Gasteiger partial charge is 0.356 e. The van der Waals surface area contributed by atoms with Crippen molar-refractivity contribution in [2.24, 2.45) is 11.8 Å². The van der Waals surface area contributed by atoms with E-state index in [1.165, 1.54) is 0 Å². The van der Waals surface area contributed by atoms with Crippen molar-refractivity contribution in [1.82, 2.24) is 16.0 Å². The molecule has 0 aliphatic carbocycles. The van der Waals surface area contributed by atoms with Crippen LogP contribution in [0.4, 0.5) is 0 Å². The van der Waals surface area contributed by atoms with Gasteiger partial charge in [0.25, 0.3) is 0 Å². The molecule has 5 N–H and O–H groups in total. The number of nitrogens with one attached hydrogen (secondary N) is 5. The molecule has 0 rings (SSSR count). The summed E-state index contributed by atoms with van der Waals surface area (Å²) in [4.78, 5) is 61.8. The molecule has 0 saturated carbocycles. The molecule has 3 amide bonds. The van der Waals surface area contributed by atoms with Crippen LogP contribution in [0.2, 0.25) is 2.82 Å². The maximum absolute atomic E-state index is 12.6. The number of carbonyl (C=O) groups excluding carboxylic acids is 5. The van der Waals surface area contributed by atoms with E-state index in [2.05, 4.69) is 54.0 Å². The summed E-state index contributed by atoms with van der Waals surface area (Å²) in [6.07, 6.45) is 21.4. The standard InChI is InChI=1S/C43H81N5O5P2/c1-6-40(50)39(48-43(53)28-16-11-8-7-10-14-22-36(49)23-20-24-37(54-44)32-34(2)3)26-17-19-31-47-41(51)27-15-12-9-13-18-30-46-42(52)29-21-25-38(55-45)33-35(4)5/h34-35,37-39,44-45H,6-33H2,1-5H3,(H,46,52)(H,47,51)(H,48,53)/t37-,38-,39+/m1/s1/i/hH2. The lowest BCUT2D eigenvalue weighted by Gasteiger charge is -2.17. The molecule has 55 heavy (non-hydrogen) atoms. The second-order valence-corrected chi connectivity index (χ2v) is 18.3. The van der Waals surface area contributed by atoms with Crippen LogP contribution in [0.3, 0.4) is 0 Å². The molecule has 0 aromatic carbocycles. The van der Waals surface area contributed by atoms with E-state index < -0.39 is 6.04 Å². The minimum atomic E-state index is -0.472. The number of rotatable bonds is 39. The Morgan fingerprint density at radius 1 is 0.527 bits per heavy atom. The predicted molar refractivity (Wildman–Crippen MR) is 230 cm³/mol. The smallest absolute Gasteiger partial charge is 0.220 e. The van der Waals surface area contributed by atoms with Crippen LogP contribution in [0, 0.1) is 22.1 Å². The molecule has 0 bridgehead atoms. The van der Waals surface area contributed by atoms with E-state index in [4.69, 9.17) is 2.82 Å². The van der Waals surface area contributed by atoms with Gasteiger partial charge >= 0.3 is 0 Å². The van der Waals surface area contributed by atoms with Gasteiger partial charge in [-0.25, -0.2) is 0 Å². The minimum absolute atomic E-state index is 0.0433. The first-order chi connectivity index (χ1) is 27.4. The van der Waals surface area contributed by atoms with Gasteiger partial charge in [-0.05, 0) is 95.3 Å². The highest BCUT2D eigenvalue weighted by Gasteiger charge is 2.19. The first-order valence-corrected chi connectivity index (χ1v) is 23.8. The molecule has 0 radical (unpaired) electrons. The van der Waals surface area contributed by atoms with Crippen LogP contribution in [0.15, 0.2) is 0 Å². The average Bonchev–Trinajstić information content (AvgIpc) is 3.15. The number of unbranched alkanes of at least 4 members (excludes halogenated alkanes) is 10. The molecule has 12 heteroatoms. The van der Waals surface area contributed by atoms with Gasteiger partial charge in [0, 0.05) is 79.7 Å². The Morgan fingerprint density at radius 3 is 1.45 bits per heavy atom. The van der Waals surface area contributed by atoms with E-state index in [1.807, 2.05) is 6.92 Å². The van der Waals surface area contributed by atoms with Gasteiger partial charge in [0.1, 0.15) is 5.78 Å². The van der Waals surface area contributed by atoms with Crippen LogP contribution in [-0.4, -0.2) is 59.7 Å². The third kappa shape index (κ3) is 33.8. The number of ketones is 2. The maximum Gasteiger partial charge on any atom is 0.220 e. The van der Waals surface area contributed by atoms with Crippen LogP contribution in [0.25, 0.3) is 0 Å².